The normalized spacial score (nSPS) is 11.0. The molecule has 0 fully saturated rings. The van der Waals surface area contributed by atoms with Crippen LogP contribution in [0.15, 0.2) is 34.5 Å². The number of aromatic nitrogens is 2. The zero-order valence-corrected chi connectivity index (χ0v) is 12.3. The highest BCUT2D eigenvalue weighted by Gasteiger charge is 2.10. The first-order chi connectivity index (χ1) is 10.2. The molecule has 21 heavy (non-hydrogen) atoms. The Labute approximate surface area is 127 Å². The molecule has 0 saturated heterocycles. The van der Waals surface area contributed by atoms with Crippen LogP contribution in [0.2, 0.25) is 0 Å². The van der Waals surface area contributed by atoms with Gasteiger partial charge in [0.15, 0.2) is 5.82 Å². The van der Waals surface area contributed by atoms with Crippen LogP contribution < -0.4 is 11.3 Å². The molecule has 0 bridgehead atoms. The first-order valence-electron chi connectivity index (χ1n) is 5.96. The molecule has 0 atom stereocenters. The van der Waals surface area contributed by atoms with Crippen molar-refractivity contribution < 1.29 is 8.78 Å². The van der Waals surface area contributed by atoms with Gasteiger partial charge < -0.3 is 5.43 Å². The molecule has 0 amide bonds. The number of hydrogen-bond acceptors (Lipinski definition) is 6. The van der Waals surface area contributed by atoms with Gasteiger partial charge in [0.1, 0.15) is 22.3 Å². The predicted molar refractivity (Wildman–Crippen MR) is 81.1 cm³/mol. The van der Waals surface area contributed by atoms with Gasteiger partial charge in [-0.1, -0.05) is 0 Å². The minimum Gasteiger partial charge on any atom is -0.308 e. The summed E-state index contributed by atoms with van der Waals surface area (Å²) in [5, 5.41) is 2.75. The fraction of sp³-hybridized carbons (Fsp3) is 0.0769. The largest absolute Gasteiger partial charge is 0.308 e. The first-order valence-corrected chi connectivity index (χ1v) is 7.82. The number of nitrogens with zero attached hydrogens (tertiary/aromatic N) is 2. The number of hydrogen-bond donors (Lipinski definition) is 2. The number of fused-ring (bicyclic) bond motifs is 1. The molecular formula is C13H10F2N4S2. The molecule has 0 radical (unpaired) electrons. The van der Waals surface area contributed by atoms with Crippen molar-refractivity contribution in [3.63, 3.8) is 0 Å². The van der Waals surface area contributed by atoms with Gasteiger partial charge in [-0.05, 0) is 23.6 Å². The Morgan fingerprint density at radius 3 is 2.86 bits per heavy atom. The number of nitrogen functional groups attached to an aromatic ring is 1. The van der Waals surface area contributed by atoms with E-state index in [1.807, 2.05) is 11.4 Å². The van der Waals surface area contributed by atoms with Crippen LogP contribution in [-0.4, -0.2) is 9.97 Å². The second-order valence-corrected chi connectivity index (χ2v) is 6.05. The van der Waals surface area contributed by atoms with E-state index >= 15 is 0 Å². The Kier molecular flexibility index (Phi) is 4.00. The minimum absolute atomic E-state index is 0.355. The molecule has 8 heteroatoms. The summed E-state index contributed by atoms with van der Waals surface area (Å²) in [6.07, 6.45) is 0. The third-order valence-electron chi connectivity index (χ3n) is 2.76. The van der Waals surface area contributed by atoms with Crippen LogP contribution in [0.5, 0.6) is 0 Å². The summed E-state index contributed by atoms with van der Waals surface area (Å²) in [5.41, 5.74) is 2.54. The third kappa shape index (κ3) is 2.97. The molecule has 4 nitrogen and oxygen atoms in total. The molecular weight excluding hydrogens is 314 g/mol. The van der Waals surface area contributed by atoms with Crippen molar-refractivity contribution in [3.05, 3.63) is 47.1 Å². The Balaban J connectivity index is 1.84. The van der Waals surface area contributed by atoms with Crippen LogP contribution in [0.3, 0.4) is 0 Å². The zero-order chi connectivity index (χ0) is 14.8. The summed E-state index contributed by atoms with van der Waals surface area (Å²) in [4.78, 5) is 9.86. The van der Waals surface area contributed by atoms with Crippen molar-refractivity contribution in [1.29, 1.82) is 0 Å². The second kappa shape index (κ2) is 5.92. The van der Waals surface area contributed by atoms with E-state index in [1.54, 1.807) is 0 Å². The maximum atomic E-state index is 13.6. The number of halogens is 2. The Bertz CT molecular complexity index is 791. The van der Waals surface area contributed by atoms with E-state index in [4.69, 9.17) is 5.84 Å². The van der Waals surface area contributed by atoms with Crippen LogP contribution in [-0.2, 0) is 5.75 Å². The van der Waals surface area contributed by atoms with Crippen molar-refractivity contribution in [1.82, 2.24) is 9.97 Å². The van der Waals surface area contributed by atoms with E-state index < -0.39 is 11.6 Å². The zero-order valence-electron chi connectivity index (χ0n) is 10.6. The lowest BCUT2D eigenvalue weighted by molar-refractivity contribution is 0.565. The van der Waals surface area contributed by atoms with Crippen LogP contribution in [0.1, 0.15) is 5.82 Å². The number of anilines is 1. The molecule has 0 aliphatic rings. The Morgan fingerprint density at radius 2 is 2.10 bits per heavy atom. The summed E-state index contributed by atoms with van der Waals surface area (Å²) >= 11 is 2.69. The number of thioether (sulfide) groups is 1. The van der Waals surface area contributed by atoms with Gasteiger partial charge in [0.05, 0.1) is 11.1 Å². The van der Waals surface area contributed by atoms with E-state index in [1.165, 1.54) is 35.2 Å². The van der Waals surface area contributed by atoms with E-state index in [2.05, 4.69) is 15.4 Å². The highest BCUT2D eigenvalue weighted by Crippen LogP contribution is 2.28. The fourth-order valence-electron chi connectivity index (χ4n) is 1.81. The van der Waals surface area contributed by atoms with Crippen molar-refractivity contribution in [2.75, 3.05) is 5.43 Å². The number of thiophene rings is 1. The highest BCUT2D eigenvalue weighted by atomic mass is 32.2. The lowest BCUT2D eigenvalue weighted by Crippen LogP contribution is -2.10. The lowest BCUT2D eigenvalue weighted by Gasteiger charge is -2.06. The Morgan fingerprint density at radius 1 is 1.24 bits per heavy atom. The van der Waals surface area contributed by atoms with E-state index in [0.29, 0.717) is 22.3 Å². The van der Waals surface area contributed by atoms with Gasteiger partial charge in [-0.3, -0.25) is 0 Å². The van der Waals surface area contributed by atoms with Crippen molar-refractivity contribution in [3.8, 4) is 0 Å². The first kappa shape index (κ1) is 14.2. The topological polar surface area (TPSA) is 63.8 Å². The minimum atomic E-state index is -0.595. The van der Waals surface area contributed by atoms with Gasteiger partial charge in [0.25, 0.3) is 0 Å². The summed E-state index contributed by atoms with van der Waals surface area (Å²) in [6, 6.07) is 5.37. The molecule has 0 spiro atoms. The van der Waals surface area contributed by atoms with Gasteiger partial charge in [0.2, 0.25) is 0 Å². The van der Waals surface area contributed by atoms with Crippen LogP contribution in [0.4, 0.5) is 14.6 Å². The standard InChI is InChI=1S/C13H10F2N4S2/c14-7-1-2-10(9(15)5-7)21-6-11-17-12(19-16)8-3-4-20-13(8)18-11/h1-5H,6,16H2,(H,17,18,19). The average Bonchev–Trinajstić information content (AvgIpc) is 2.93. The summed E-state index contributed by atoms with van der Waals surface area (Å²) in [5.74, 6) is 5.70. The smallest absolute Gasteiger partial charge is 0.152 e. The maximum Gasteiger partial charge on any atom is 0.152 e. The fourth-order valence-corrected chi connectivity index (χ4v) is 3.37. The summed E-state index contributed by atoms with van der Waals surface area (Å²) < 4.78 is 26.4. The molecule has 0 aliphatic carbocycles. The molecule has 108 valence electrons. The molecule has 0 aliphatic heterocycles. The average molecular weight is 324 g/mol. The summed E-state index contributed by atoms with van der Waals surface area (Å²) in [6.45, 7) is 0. The van der Waals surface area contributed by atoms with Gasteiger partial charge in [-0.2, -0.15) is 0 Å². The van der Waals surface area contributed by atoms with E-state index in [0.717, 1.165) is 16.3 Å². The maximum absolute atomic E-state index is 13.6. The second-order valence-electron chi connectivity index (χ2n) is 4.14. The van der Waals surface area contributed by atoms with Gasteiger partial charge in [-0.25, -0.2) is 24.6 Å². The predicted octanol–water partition coefficient (Wildman–Crippen LogP) is 3.55. The van der Waals surface area contributed by atoms with Gasteiger partial charge >= 0.3 is 0 Å². The molecule has 2 aromatic heterocycles. The molecule has 3 aromatic rings. The number of hydrazine groups is 1. The Hall–Kier alpha value is -1.77. The van der Waals surface area contributed by atoms with Crippen molar-refractivity contribution in [2.45, 2.75) is 10.6 Å². The number of rotatable bonds is 4. The molecule has 3 N–H and O–H groups in total. The van der Waals surface area contributed by atoms with Crippen LogP contribution in [0, 0.1) is 11.6 Å². The molecule has 3 rings (SSSR count). The van der Waals surface area contributed by atoms with Gasteiger partial charge in [0, 0.05) is 11.0 Å². The SMILES string of the molecule is NNc1nc(CSc2ccc(F)cc2F)nc2sccc12. The van der Waals surface area contributed by atoms with Gasteiger partial charge in [-0.15, -0.1) is 23.1 Å². The van der Waals surface area contributed by atoms with Crippen LogP contribution >= 0.6 is 23.1 Å². The lowest BCUT2D eigenvalue weighted by atomic mass is 10.3. The van der Waals surface area contributed by atoms with E-state index in [9.17, 15) is 8.78 Å². The summed E-state index contributed by atoms with van der Waals surface area (Å²) in [7, 11) is 0. The molecule has 0 unspecified atom stereocenters. The van der Waals surface area contributed by atoms with Crippen molar-refractivity contribution in [2.24, 2.45) is 5.84 Å². The number of nitrogens with two attached hydrogens (primary N) is 1. The molecule has 0 saturated carbocycles. The molecule has 2 heterocycles. The van der Waals surface area contributed by atoms with Crippen LogP contribution in [0.25, 0.3) is 10.2 Å². The molecule has 1 aromatic carbocycles. The monoisotopic (exact) mass is 324 g/mol. The highest BCUT2D eigenvalue weighted by molar-refractivity contribution is 7.98. The van der Waals surface area contributed by atoms with E-state index in [-0.39, 0.29) is 0 Å². The number of nitrogens with one attached hydrogen (secondary N) is 1. The third-order valence-corrected chi connectivity index (χ3v) is 4.61. The van der Waals surface area contributed by atoms with Crippen molar-refractivity contribution >= 4 is 39.1 Å². The quantitative estimate of drug-likeness (QED) is 0.436. The number of benzene rings is 1.